The van der Waals surface area contributed by atoms with Crippen LogP contribution < -0.4 is 5.32 Å². The summed E-state index contributed by atoms with van der Waals surface area (Å²) in [5, 5.41) is 13.2. The van der Waals surface area contributed by atoms with E-state index in [0.717, 1.165) is 0 Å². The maximum atomic E-state index is 9.53. The number of hydrogen-bond donors (Lipinski definition) is 2. The van der Waals surface area contributed by atoms with Crippen molar-refractivity contribution >= 4 is 29.0 Å². The Morgan fingerprint density at radius 3 is 2.76 bits per heavy atom. The van der Waals surface area contributed by atoms with Gasteiger partial charge in [-0.25, -0.2) is 4.98 Å². The summed E-state index contributed by atoms with van der Waals surface area (Å²) in [6.07, 6.45) is 2.83. The van der Waals surface area contributed by atoms with Crippen LogP contribution >= 0.6 is 23.2 Å². The fraction of sp³-hybridized carbons (Fsp3) is 0.600. The molecule has 1 aliphatic heterocycles. The molecule has 1 aliphatic rings. The number of nitrogens with one attached hydrogen (secondary N) is 1. The molecule has 0 unspecified atom stereocenters. The Morgan fingerprint density at radius 2 is 2.12 bits per heavy atom. The third-order valence-electron chi connectivity index (χ3n) is 2.85. The number of hydrogen-bond acceptors (Lipinski definition) is 5. The molecule has 0 spiro atoms. The standard InChI is InChI=1S/C10H13Cl2N3O2/c11-7-5-13-9(12)14-8(7)15-10(6-16)1-3-17-4-2-10/h5,16H,1-4,6H2,(H,13,14,15). The molecule has 1 aromatic rings. The highest BCUT2D eigenvalue weighted by Crippen LogP contribution is 2.28. The van der Waals surface area contributed by atoms with Gasteiger partial charge in [-0.2, -0.15) is 4.98 Å². The average Bonchev–Trinajstić information content (AvgIpc) is 2.35. The van der Waals surface area contributed by atoms with E-state index in [1.54, 1.807) is 0 Å². The van der Waals surface area contributed by atoms with Crippen LogP contribution in [0.1, 0.15) is 12.8 Å². The molecule has 0 aliphatic carbocycles. The topological polar surface area (TPSA) is 67.3 Å². The minimum absolute atomic E-state index is 0.00564. The second kappa shape index (κ2) is 5.35. The van der Waals surface area contributed by atoms with E-state index < -0.39 is 5.54 Å². The second-order valence-corrected chi connectivity index (χ2v) is 4.76. The fourth-order valence-corrected chi connectivity index (χ4v) is 2.04. The predicted octanol–water partition coefficient (Wildman–Crippen LogP) is 1.74. The molecule has 0 amide bonds. The monoisotopic (exact) mass is 277 g/mol. The zero-order valence-electron chi connectivity index (χ0n) is 9.12. The van der Waals surface area contributed by atoms with E-state index in [1.165, 1.54) is 6.20 Å². The number of rotatable bonds is 3. The Balaban J connectivity index is 2.20. The zero-order valence-corrected chi connectivity index (χ0v) is 10.6. The Labute approximate surface area is 109 Å². The maximum Gasteiger partial charge on any atom is 0.224 e. The molecule has 1 saturated heterocycles. The fourth-order valence-electron chi connectivity index (χ4n) is 1.77. The summed E-state index contributed by atoms with van der Waals surface area (Å²) in [7, 11) is 0. The van der Waals surface area contributed by atoms with Crippen LogP contribution in [-0.4, -0.2) is 40.4 Å². The average molecular weight is 278 g/mol. The molecule has 2 N–H and O–H groups in total. The first-order valence-electron chi connectivity index (χ1n) is 5.30. The summed E-state index contributed by atoms with van der Waals surface area (Å²) < 4.78 is 5.28. The van der Waals surface area contributed by atoms with Gasteiger partial charge in [-0.3, -0.25) is 0 Å². The van der Waals surface area contributed by atoms with Crippen LogP contribution in [0.15, 0.2) is 6.20 Å². The van der Waals surface area contributed by atoms with Gasteiger partial charge < -0.3 is 15.2 Å². The lowest BCUT2D eigenvalue weighted by Gasteiger charge is -2.36. The van der Waals surface area contributed by atoms with Gasteiger partial charge in [-0.15, -0.1) is 0 Å². The SMILES string of the molecule is OCC1(Nc2nc(Cl)ncc2Cl)CCOCC1. The van der Waals surface area contributed by atoms with Crippen LogP contribution in [0.3, 0.4) is 0 Å². The lowest BCUT2D eigenvalue weighted by Crippen LogP contribution is -2.47. The highest BCUT2D eigenvalue weighted by molar-refractivity contribution is 6.33. The molecule has 0 radical (unpaired) electrons. The molecule has 7 heteroatoms. The minimum atomic E-state index is -0.445. The highest BCUT2D eigenvalue weighted by atomic mass is 35.5. The third-order valence-corrected chi connectivity index (χ3v) is 3.31. The molecule has 0 atom stereocenters. The van der Waals surface area contributed by atoms with Crippen molar-refractivity contribution < 1.29 is 9.84 Å². The van der Waals surface area contributed by atoms with E-state index in [1.807, 2.05) is 0 Å². The van der Waals surface area contributed by atoms with Gasteiger partial charge in [0, 0.05) is 13.2 Å². The second-order valence-electron chi connectivity index (χ2n) is 4.01. The number of aliphatic hydroxyl groups is 1. The lowest BCUT2D eigenvalue weighted by molar-refractivity contribution is 0.0378. The van der Waals surface area contributed by atoms with Gasteiger partial charge in [0.2, 0.25) is 5.28 Å². The van der Waals surface area contributed by atoms with Gasteiger partial charge in [0.25, 0.3) is 0 Å². The number of halogens is 2. The van der Waals surface area contributed by atoms with Crippen LogP contribution in [0.5, 0.6) is 0 Å². The summed E-state index contributed by atoms with van der Waals surface area (Å²) in [6, 6.07) is 0. The number of nitrogens with zero attached hydrogens (tertiary/aromatic N) is 2. The van der Waals surface area contributed by atoms with Crippen LogP contribution in [-0.2, 0) is 4.74 Å². The van der Waals surface area contributed by atoms with Crippen molar-refractivity contribution in [3.63, 3.8) is 0 Å². The van der Waals surface area contributed by atoms with E-state index in [0.29, 0.717) is 36.9 Å². The predicted molar refractivity (Wildman–Crippen MR) is 65.5 cm³/mol. The normalized spacial score (nSPS) is 19.0. The van der Waals surface area contributed by atoms with Gasteiger partial charge in [0.15, 0.2) is 0 Å². The summed E-state index contributed by atoms with van der Waals surface area (Å²) in [5.41, 5.74) is -0.445. The van der Waals surface area contributed by atoms with Gasteiger partial charge in [0.05, 0.1) is 18.3 Å². The van der Waals surface area contributed by atoms with Crippen molar-refractivity contribution in [3.8, 4) is 0 Å². The van der Waals surface area contributed by atoms with E-state index in [4.69, 9.17) is 27.9 Å². The molecular weight excluding hydrogens is 265 g/mol. The number of aliphatic hydroxyl groups excluding tert-OH is 1. The summed E-state index contributed by atoms with van der Waals surface area (Å²) in [4.78, 5) is 7.80. The summed E-state index contributed by atoms with van der Waals surface area (Å²) in [5.74, 6) is 0.447. The van der Waals surface area contributed by atoms with Gasteiger partial charge >= 0.3 is 0 Å². The van der Waals surface area contributed by atoms with E-state index in [2.05, 4.69) is 15.3 Å². The molecule has 2 rings (SSSR count). The highest BCUT2D eigenvalue weighted by Gasteiger charge is 2.32. The molecule has 1 fully saturated rings. The van der Waals surface area contributed by atoms with Crippen molar-refractivity contribution in [2.24, 2.45) is 0 Å². The molecule has 5 nitrogen and oxygen atoms in total. The Bertz CT molecular complexity index is 397. The van der Waals surface area contributed by atoms with Crippen molar-refractivity contribution in [1.82, 2.24) is 9.97 Å². The maximum absolute atomic E-state index is 9.53. The largest absolute Gasteiger partial charge is 0.394 e. The van der Waals surface area contributed by atoms with Crippen LogP contribution in [0, 0.1) is 0 Å². The number of ether oxygens (including phenoxy) is 1. The van der Waals surface area contributed by atoms with E-state index in [-0.39, 0.29) is 11.9 Å². The zero-order chi connectivity index (χ0) is 12.3. The number of anilines is 1. The van der Waals surface area contributed by atoms with E-state index >= 15 is 0 Å². The molecule has 0 saturated carbocycles. The molecular formula is C10H13Cl2N3O2. The molecule has 0 aromatic carbocycles. The Hall–Kier alpha value is -0.620. The van der Waals surface area contributed by atoms with Crippen molar-refractivity contribution in [3.05, 3.63) is 16.5 Å². The van der Waals surface area contributed by atoms with Crippen LogP contribution in [0.2, 0.25) is 10.3 Å². The lowest BCUT2D eigenvalue weighted by atomic mass is 9.91. The first-order chi connectivity index (χ1) is 8.15. The molecule has 2 heterocycles. The van der Waals surface area contributed by atoms with Gasteiger partial charge in [-0.1, -0.05) is 11.6 Å². The van der Waals surface area contributed by atoms with Crippen LogP contribution in [0.4, 0.5) is 5.82 Å². The Kier molecular flexibility index (Phi) is 4.04. The first-order valence-corrected chi connectivity index (χ1v) is 6.06. The minimum Gasteiger partial charge on any atom is -0.394 e. The van der Waals surface area contributed by atoms with Crippen molar-refractivity contribution in [2.75, 3.05) is 25.1 Å². The first kappa shape index (κ1) is 12.8. The van der Waals surface area contributed by atoms with Crippen molar-refractivity contribution in [1.29, 1.82) is 0 Å². The summed E-state index contributed by atoms with van der Waals surface area (Å²) >= 11 is 11.7. The molecule has 94 valence electrons. The molecule has 0 bridgehead atoms. The summed E-state index contributed by atoms with van der Waals surface area (Å²) in [6.45, 7) is 1.20. The van der Waals surface area contributed by atoms with E-state index in [9.17, 15) is 5.11 Å². The van der Waals surface area contributed by atoms with Crippen LogP contribution in [0.25, 0.3) is 0 Å². The Morgan fingerprint density at radius 1 is 1.41 bits per heavy atom. The molecule has 17 heavy (non-hydrogen) atoms. The third kappa shape index (κ3) is 2.98. The number of aromatic nitrogens is 2. The smallest absolute Gasteiger partial charge is 0.224 e. The molecule has 1 aromatic heterocycles. The van der Waals surface area contributed by atoms with Crippen molar-refractivity contribution in [2.45, 2.75) is 18.4 Å². The van der Waals surface area contributed by atoms with Gasteiger partial charge in [0.1, 0.15) is 10.8 Å². The quantitative estimate of drug-likeness (QED) is 0.824. The van der Waals surface area contributed by atoms with Gasteiger partial charge in [-0.05, 0) is 24.4 Å².